The van der Waals surface area contributed by atoms with Crippen LogP contribution in [0.3, 0.4) is 0 Å². The van der Waals surface area contributed by atoms with Crippen LogP contribution in [0.5, 0.6) is 0 Å². The summed E-state index contributed by atoms with van der Waals surface area (Å²) >= 11 is 7.72. The first-order valence-corrected chi connectivity index (χ1v) is 8.31. The van der Waals surface area contributed by atoms with Crippen LogP contribution in [0.2, 0.25) is 0 Å². The second-order valence-electron chi connectivity index (χ2n) is 3.20. The van der Waals surface area contributed by atoms with Gasteiger partial charge < -0.3 is 0 Å². The Balaban J connectivity index is 2.57. The maximum atomic E-state index is 3.67. The first kappa shape index (κ1) is 13.5. The molecule has 0 amide bonds. The number of halogens is 2. The molecule has 0 N–H and O–H groups in total. The van der Waals surface area contributed by atoms with Crippen LogP contribution in [0.1, 0.15) is 26.2 Å². The summed E-state index contributed by atoms with van der Waals surface area (Å²) in [5, 5.41) is 0. The topological polar surface area (TPSA) is 0 Å². The van der Waals surface area contributed by atoms with Gasteiger partial charge in [-0.05, 0) is 0 Å². The van der Waals surface area contributed by atoms with Gasteiger partial charge in [0.05, 0.1) is 0 Å². The van der Waals surface area contributed by atoms with E-state index in [4.69, 9.17) is 0 Å². The van der Waals surface area contributed by atoms with E-state index in [1.165, 1.54) is 25.2 Å². The number of rotatable bonds is 5. The Labute approximate surface area is 115 Å². The third-order valence-electron chi connectivity index (χ3n) is 1.91. The average molecular weight is 397 g/mol. The molecule has 0 unspecified atom stereocenters. The Morgan fingerprint density at radius 3 is 2.47 bits per heavy atom. The van der Waals surface area contributed by atoms with Crippen LogP contribution in [0.4, 0.5) is 0 Å². The number of allylic oxidation sites excluding steroid dienone is 1. The fraction of sp³-hybridized carbons (Fsp3) is 0.333. The molecule has 1 rings (SSSR count). The van der Waals surface area contributed by atoms with E-state index in [9.17, 15) is 0 Å². The van der Waals surface area contributed by atoms with Gasteiger partial charge in [-0.15, -0.1) is 0 Å². The standard InChI is InChI=1S/C12H14Br2Se/c1-2-3-9-11(13)12(14)15-10-7-5-4-6-8-10/h4-8H,2-3,9H2,1H3/b12-11-. The molecule has 1 aromatic carbocycles. The quantitative estimate of drug-likeness (QED) is 0.655. The number of hydrogen-bond acceptors (Lipinski definition) is 0. The fourth-order valence-corrected chi connectivity index (χ4v) is 4.44. The Morgan fingerprint density at radius 2 is 1.87 bits per heavy atom. The van der Waals surface area contributed by atoms with Crippen molar-refractivity contribution in [3.8, 4) is 0 Å². The molecule has 0 aliphatic heterocycles. The van der Waals surface area contributed by atoms with Crippen molar-refractivity contribution in [2.75, 3.05) is 0 Å². The van der Waals surface area contributed by atoms with E-state index in [-0.39, 0.29) is 0 Å². The van der Waals surface area contributed by atoms with Crippen LogP contribution in [-0.2, 0) is 0 Å². The minimum absolute atomic E-state index is 0.397. The molecule has 82 valence electrons. The summed E-state index contributed by atoms with van der Waals surface area (Å²) in [5.41, 5.74) is 0. The molecule has 0 saturated heterocycles. The van der Waals surface area contributed by atoms with Gasteiger partial charge in [-0.25, -0.2) is 0 Å². The van der Waals surface area contributed by atoms with Crippen molar-refractivity contribution in [1.29, 1.82) is 0 Å². The molecule has 0 atom stereocenters. The van der Waals surface area contributed by atoms with Crippen LogP contribution < -0.4 is 4.46 Å². The Morgan fingerprint density at radius 1 is 1.20 bits per heavy atom. The molecule has 0 spiro atoms. The van der Waals surface area contributed by atoms with Gasteiger partial charge in [0.2, 0.25) is 0 Å². The zero-order valence-electron chi connectivity index (χ0n) is 8.67. The summed E-state index contributed by atoms with van der Waals surface area (Å²) in [7, 11) is 0. The van der Waals surface area contributed by atoms with Crippen LogP contribution in [0.25, 0.3) is 0 Å². The Kier molecular flexibility index (Phi) is 6.91. The van der Waals surface area contributed by atoms with Crippen molar-refractivity contribution in [2.45, 2.75) is 26.2 Å². The summed E-state index contributed by atoms with van der Waals surface area (Å²) in [4.78, 5) is 0. The molecule has 0 fully saturated rings. The SMILES string of the molecule is CCCC/C(Br)=C(\Br)[Se]c1ccccc1. The van der Waals surface area contributed by atoms with Gasteiger partial charge >= 0.3 is 116 Å². The van der Waals surface area contributed by atoms with Gasteiger partial charge in [0, 0.05) is 0 Å². The number of hydrogen-bond donors (Lipinski definition) is 0. The Bertz CT molecular complexity index is 320. The van der Waals surface area contributed by atoms with Crippen molar-refractivity contribution in [1.82, 2.24) is 0 Å². The molecule has 0 radical (unpaired) electrons. The monoisotopic (exact) mass is 396 g/mol. The number of benzene rings is 1. The predicted molar refractivity (Wildman–Crippen MR) is 76.2 cm³/mol. The van der Waals surface area contributed by atoms with Crippen LogP contribution in [-0.4, -0.2) is 15.0 Å². The molecule has 0 aliphatic carbocycles. The minimum atomic E-state index is 0.397. The molecular weight excluding hydrogens is 383 g/mol. The van der Waals surface area contributed by atoms with Crippen LogP contribution >= 0.6 is 31.9 Å². The van der Waals surface area contributed by atoms with Crippen molar-refractivity contribution < 1.29 is 0 Å². The van der Waals surface area contributed by atoms with E-state index in [0.29, 0.717) is 15.0 Å². The molecule has 1 aromatic rings. The van der Waals surface area contributed by atoms with Crippen LogP contribution in [0, 0.1) is 0 Å². The summed E-state index contributed by atoms with van der Waals surface area (Å²) in [6, 6.07) is 10.6. The van der Waals surface area contributed by atoms with Crippen molar-refractivity contribution >= 4 is 51.3 Å². The van der Waals surface area contributed by atoms with Crippen molar-refractivity contribution in [3.05, 3.63) is 38.2 Å². The predicted octanol–water partition coefficient (Wildman–Crippen LogP) is 4.17. The molecule has 0 heterocycles. The second-order valence-corrected chi connectivity index (χ2v) is 8.40. The first-order valence-electron chi connectivity index (χ1n) is 5.01. The summed E-state index contributed by atoms with van der Waals surface area (Å²) in [5.74, 6) is 0. The second kappa shape index (κ2) is 7.67. The fourth-order valence-electron chi connectivity index (χ4n) is 1.08. The van der Waals surface area contributed by atoms with Gasteiger partial charge in [-0.2, -0.15) is 0 Å². The molecular formula is C12H14Br2Se. The zero-order chi connectivity index (χ0) is 11.1. The van der Waals surface area contributed by atoms with Crippen molar-refractivity contribution in [3.63, 3.8) is 0 Å². The summed E-state index contributed by atoms with van der Waals surface area (Å²) < 4.78 is 4.06. The zero-order valence-corrected chi connectivity index (χ0v) is 13.6. The van der Waals surface area contributed by atoms with E-state index in [2.05, 4.69) is 69.1 Å². The van der Waals surface area contributed by atoms with Gasteiger partial charge in [-0.3, -0.25) is 0 Å². The molecule has 15 heavy (non-hydrogen) atoms. The van der Waals surface area contributed by atoms with Crippen LogP contribution in [0.15, 0.2) is 38.2 Å². The van der Waals surface area contributed by atoms with Gasteiger partial charge in [0.1, 0.15) is 0 Å². The van der Waals surface area contributed by atoms with Gasteiger partial charge in [0.15, 0.2) is 0 Å². The number of unbranched alkanes of at least 4 members (excludes halogenated alkanes) is 1. The molecule has 3 heteroatoms. The normalized spacial score (nSPS) is 12.5. The third-order valence-corrected chi connectivity index (χ3v) is 7.11. The third kappa shape index (κ3) is 5.35. The summed E-state index contributed by atoms with van der Waals surface area (Å²) in [6.07, 6.45) is 3.64. The van der Waals surface area contributed by atoms with E-state index in [0.717, 1.165) is 6.42 Å². The first-order chi connectivity index (χ1) is 7.24. The molecule has 0 saturated carbocycles. The van der Waals surface area contributed by atoms with E-state index in [1.54, 1.807) is 0 Å². The van der Waals surface area contributed by atoms with E-state index >= 15 is 0 Å². The van der Waals surface area contributed by atoms with E-state index in [1.807, 2.05) is 0 Å². The molecule has 0 bridgehead atoms. The Hall–Kier alpha value is 0.439. The average Bonchev–Trinajstić information content (AvgIpc) is 2.27. The molecule has 0 aliphatic rings. The molecule has 0 nitrogen and oxygen atoms in total. The van der Waals surface area contributed by atoms with Gasteiger partial charge in [-0.1, -0.05) is 0 Å². The molecule has 0 aromatic heterocycles. The summed E-state index contributed by atoms with van der Waals surface area (Å²) in [6.45, 7) is 2.22. The van der Waals surface area contributed by atoms with Crippen molar-refractivity contribution in [2.24, 2.45) is 0 Å². The van der Waals surface area contributed by atoms with E-state index < -0.39 is 0 Å². The maximum absolute atomic E-state index is 3.67. The van der Waals surface area contributed by atoms with Gasteiger partial charge in [0.25, 0.3) is 0 Å².